The third kappa shape index (κ3) is 3.88. The highest BCUT2D eigenvalue weighted by Crippen LogP contribution is 2.28. The maximum atomic E-state index is 11.3. The number of hydrogen-bond donors (Lipinski definition) is 1. The third-order valence-electron chi connectivity index (χ3n) is 4.05. The van der Waals surface area contributed by atoms with Gasteiger partial charge in [-0.05, 0) is 51.9 Å². The number of hydrogen-bond acceptors (Lipinski definition) is 4. The molecule has 0 radical (unpaired) electrons. The Bertz CT molecular complexity index is 499. The van der Waals surface area contributed by atoms with Crippen molar-refractivity contribution < 1.29 is 19.4 Å². The normalized spacial score (nSPS) is 13.1. The first kappa shape index (κ1) is 17.3. The topological polar surface area (TPSA) is 59.0 Å². The van der Waals surface area contributed by atoms with E-state index in [2.05, 4.69) is 0 Å². The summed E-state index contributed by atoms with van der Waals surface area (Å²) in [6.45, 7) is 5.43. The number of aliphatic carboxylic acids is 1. The number of benzene rings is 1. The molecule has 0 aromatic heterocycles. The third-order valence-corrected chi connectivity index (χ3v) is 4.05. The van der Waals surface area contributed by atoms with Gasteiger partial charge in [0.15, 0.2) is 11.5 Å². The molecule has 0 saturated heterocycles. The van der Waals surface area contributed by atoms with Crippen LogP contribution >= 0.6 is 0 Å². The number of carbonyl (C=O) groups is 1. The van der Waals surface area contributed by atoms with Gasteiger partial charge in [0.05, 0.1) is 14.2 Å². The van der Waals surface area contributed by atoms with Crippen LogP contribution in [0.5, 0.6) is 11.5 Å². The van der Waals surface area contributed by atoms with Gasteiger partial charge in [-0.3, -0.25) is 9.69 Å². The van der Waals surface area contributed by atoms with Gasteiger partial charge in [-0.15, -0.1) is 0 Å². The van der Waals surface area contributed by atoms with Crippen LogP contribution in [0, 0.1) is 0 Å². The molecular weight excluding hydrogens is 270 g/mol. The van der Waals surface area contributed by atoms with Crippen LogP contribution in [0.2, 0.25) is 0 Å². The van der Waals surface area contributed by atoms with Gasteiger partial charge in [0, 0.05) is 6.04 Å². The minimum absolute atomic E-state index is 0.0780. The highest BCUT2D eigenvalue weighted by atomic mass is 16.5. The zero-order valence-electron chi connectivity index (χ0n) is 13.6. The van der Waals surface area contributed by atoms with Gasteiger partial charge in [-0.25, -0.2) is 0 Å². The fourth-order valence-corrected chi connectivity index (χ4v) is 2.19. The number of likely N-dealkylation sites (N-methyl/N-ethyl adjacent to an activating group) is 1. The van der Waals surface area contributed by atoms with Crippen LogP contribution in [-0.4, -0.2) is 48.8 Å². The minimum atomic E-state index is -0.907. The quantitative estimate of drug-likeness (QED) is 0.837. The Kier molecular flexibility index (Phi) is 5.61. The molecule has 0 fully saturated rings. The van der Waals surface area contributed by atoms with Crippen LogP contribution in [0.25, 0.3) is 0 Å². The fourth-order valence-electron chi connectivity index (χ4n) is 2.19. The molecule has 0 saturated carbocycles. The number of carboxylic acid groups (broad SMARTS) is 1. The van der Waals surface area contributed by atoms with Crippen molar-refractivity contribution in [3.63, 3.8) is 0 Å². The molecular formula is C16H25NO4. The Morgan fingerprint density at radius 1 is 1.29 bits per heavy atom. The lowest BCUT2D eigenvalue weighted by atomic mass is 9.98. The molecule has 1 unspecified atom stereocenters. The molecule has 0 bridgehead atoms. The van der Waals surface area contributed by atoms with E-state index in [1.165, 1.54) is 0 Å². The first-order valence-electron chi connectivity index (χ1n) is 6.91. The van der Waals surface area contributed by atoms with Crippen LogP contribution in [0.15, 0.2) is 18.2 Å². The predicted molar refractivity (Wildman–Crippen MR) is 82.2 cm³/mol. The Hall–Kier alpha value is -1.75. The highest BCUT2D eigenvalue weighted by Gasteiger charge is 2.34. The van der Waals surface area contributed by atoms with Crippen molar-refractivity contribution in [3.05, 3.63) is 23.8 Å². The van der Waals surface area contributed by atoms with Gasteiger partial charge in [0.25, 0.3) is 0 Å². The predicted octanol–water partition coefficient (Wildman–Crippen LogP) is 2.43. The summed E-state index contributed by atoms with van der Waals surface area (Å²) in [4.78, 5) is 13.2. The summed E-state index contributed by atoms with van der Waals surface area (Å²) in [6.07, 6.45) is 0.730. The van der Waals surface area contributed by atoms with E-state index in [1.807, 2.05) is 37.1 Å². The molecule has 1 aromatic carbocycles. The van der Waals surface area contributed by atoms with Crippen molar-refractivity contribution in [1.29, 1.82) is 0 Å². The van der Waals surface area contributed by atoms with Crippen molar-refractivity contribution in [1.82, 2.24) is 4.90 Å². The Morgan fingerprint density at radius 2 is 1.86 bits per heavy atom. The van der Waals surface area contributed by atoms with Crippen molar-refractivity contribution >= 4 is 5.97 Å². The van der Waals surface area contributed by atoms with Gasteiger partial charge in [0.1, 0.15) is 5.54 Å². The summed E-state index contributed by atoms with van der Waals surface area (Å²) in [5, 5.41) is 9.30. The summed E-state index contributed by atoms with van der Waals surface area (Å²) in [5.74, 6) is 0.541. The monoisotopic (exact) mass is 295 g/mol. The van der Waals surface area contributed by atoms with Crippen LogP contribution in [0.4, 0.5) is 0 Å². The first-order chi connectivity index (χ1) is 9.73. The van der Waals surface area contributed by atoms with Crippen LogP contribution in [0.1, 0.15) is 26.3 Å². The molecule has 0 aliphatic carbocycles. The van der Waals surface area contributed by atoms with Crippen LogP contribution in [-0.2, 0) is 11.2 Å². The molecule has 0 heterocycles. The average Bonchev–Trinajstić information content (AvgIpc) is 2.45. The van der Waals surface area contributed by atoms with E-state index in [-0.39, 0.29) is 6.04 Å². The van der Waals surface area contributed by atoms with Gasteiger partial charge in [0.2, 0.25) is 0 Å². The Labute approximate surface area is 126 Å². The van der Waals surface area contributed by atoms with Crippen molar-refractivity contribution in [2.45, 2.75) is 38.8 Å². The lowest BCUT2D eigenvalue weighted by molar-refractivity contribution is -0.149. The molecule has 1 N–H and O–H groups in total. The molecule has 1 atom stereocenters. The molecule has 0 aliphatic heterocycles. The minimum Gasteiger partial charge on any atom is -0.493 e. The van der Waals surface area contributed by atoms with Gasteiger partial charge >= 0.3 is 5.97 Å². The molecule has 5 heteroatoms. The van der Waals surface area contributed by atoms with E-state index in [1.54, 1.807) is 28.1 Å². The number of methoxy groups -OCH3 is 2. The van der Waals surface area contributed by atoms with E-state index >= 15 is 0 Å². The van der Waals surface area contributed by atoms with E-state index in [4.69, 9.17) is 9.47 Å². The van der Waals surface area contributed by atoms with Crippen molar-refractivity contribution in [2.75, 3.05) is 21.3 Å². The smallest absolute Gasteiger partial charge is 0.323 e. The SMILES string of the molecule is COc1ccc(CC(C)N(C)C(C)(C)C(=O)O)cc1OC. The van der Waals surface area contributed by atoms with Crippen molar-refractivity contribution in [2.24, 2.45) is 0 Å². The second-order valence-corrected chi connectivity index (χ2v) is 5.72. The standard InChI is InChI=1S/C16H25NO4/c1-11(17(4)16(2,3)15(18)19)9-12-7-8-13(20-5)14(10-12)21-6/h7-8,10-11H,9H2,1-6H3,(H,18,19). The van der Waals surface area contributed by atoms with E-state index in [0.29, 0.717) is 11.5 Å². The highest BCUT2D eigenvalue weighted by molar-refractivity contribution is 5.77. The lowest BCUT2D eigenvalue weighted by Gasteiger charge is -2.36. The fraction of sp³-hybridized carbons (Fsp3) is 0.562. The van der Waals surface area contributed by atoms with Gasteiger partial charge in [-0.2, -0.15) is 0 Å². The zero-order valence-corrected chi connectivity index (χ0v) is 13.6. The molecule has 0 amide bonds. The summed E-state index contributed by atoms with van der Waals surface area (Å²) < 4.78 is 10.5. The van der Waals surface area contributed by atoms with E-state index < -0.39 is 11.5 Å². The van der Waals surface area contributed by atoms with E-state index in [9.17, 15) is 9.90 Å². The van der Waals surface area contributed by atoms with Crippen molar-refractivity contribution in [3.8, 4) is 11.5 Å². The Balaban J connectivity index is 2.88. The summed E-state index contributed by atoms with van der Waals surface area (Å²) in [7, 11) is 5.04. The lowest BCUT2D eigenvalue weighted by Crippen LogP contribution is -2.52. The maximum Gasteiger partial charge on any atom is 0.323 e. The Morgan fingerprint density at radius 3 is 2.33 bits per heavy atom. The molecule has 21 heavy (non-hydrogen) atoms. The molecule has 5 nitrogen and oxygen atoms in total. The van der Waals surface area contributed by atoms with Crippen LogP contribution in [0.3, 0.4) is 0 Å². The summed E-state index contributed by atoms with van der Waals surface area (Å²) in [5.41, 5.74) is 0.170. The van der Waals surface area contributed by atoms with Gasteiger partial charge in [-0.1, -0.05) is 6.07 Å². The molecule has 0 spiro atoms. The molecule has 1 rings (SSSR count). The largest absolute Gasteiger partial charge is 0.493 e. The van der Waals surface area contributed by atoms with Gasteiger partial charge < -0.3 is 14.6 Å². The zero-order chi connectivity index (χ0) is 16.2. The number of nitrogens with zero attached hydrogens (tertiary/aromatic N) is 1. The average molecular weight is 295 g/mol. The molecule has 1 aromatic rings. The maximum absolute atomic E-state index is 11.3. The molecule has 118 valence electrons. The first-order valence-corrected chi connectivity index (χ1v) is 6.91. The summed E-state index contributed by atoms with van der Waals surface area (Å²) in [6, 6.07) is 5.84. The number of ether oxygens (including phenoxy) is 2. The summed E-state index contributed by atoms with van der Waals surface area (Å²) >= 11 is 0. The number of carboxylic acids is 1. The number of rotatable bonds is 7. The second-order valence-electron chi connectivity index (χ2n) is 5.72. The molecule has 0 aliphatic rings. The second kappa shape index (κ2) is 6.80. The van der Waals surface area contributed by atoms with E-state index in [0.717, 1.165) is 12.0 Å². The van der Waals surface area contributed by atoms with Crippen LogP contribution < -0.4 is 9.47 Å².